The minimum absolute atomic E-state index is 0.165. The van der Waals surface area contributed by atoms with Crippen LogP contribution in [0.25, 0.3) is 0 Å². The Kier molecular flexibility index (Phi) is 5.18. The van der Waals surface area contributed by atoms with Crippen LogP contribution < -0.4 is 0 Å². The zero-order valence-corrected chi connectivity index (χ0v) is 12.0. The number of carbonyl (C=O) groups excluding carboxylic acids is 1. The highest BCUT2D eigenvalue weighted by Gasteiger charge is 2.14. The van der Waals surface area contributed by atoms with Crippen molar-refractivity contribution in [2.45, 2.75) is 24.6 Å². The molecule has 0 aliphatic heterocycles. The molecule has 0 saturated carbocycles. The number of hydrogen-bond acceptors (Lipinski definition) is 1. The van der Waals surface area contributed by atoms with E-state index in [0.29, 0.717) is 12.8 Å². The van der Waals surface area contributed by atoms with Gasteiger partial charge in [0.25, 0.3) is 0 Å². The van der Waals surface area contributed by atoms with Gasteiger partial charge in [-0.15, -0.1) is 0 Å². The van der Waals surface area contributed by atoms with Gasteiger partial charge in [-0.05, 0) is 46.7 Å². The number of halogens is 3. The van der Waals surface area contributed by atoms with Crippen LogP contribution in [0.5, 0.6) is 0 Å². The largest absolute Gasteiger partial charge is 0.298 e. The average molecular weight is 385 g/mol. The van der Waals surface area contributed by atoms with E-state index in [1.54, 1.807) is 6.07 Å². The SMILES string of the molecule is CCC(=O)C(Br)Cc1ccc(F)cc1I. The Balaban J connectivity index is 2.76. The molecule has 1 aromatic rings. The average Bonchev–Trinajstić information content (AvgIpc) is 2.20. The van der Waals surface area contributed by atoms with Crippen LogP contribution in [-0.2, 0) is 11.2 Å². The second-order valence-electron chi connectivity index (χ2n) is 3.23. The van der Waals surface area contributed by atoms with Crippen molar-refractivity contribution in [1.82, 2.24) is 0 Å². The first-order valence-electron chi connectivity index (χ1n) is 4.65. The predicted molar refractivity (Wildman–Crippen MR) is 70.8 cm³/mol. The summed E-state index contributed by atoms with van der Waals surface area (Å²) < 4.78 is 13.7. The fourth-order valence-electron chi connectivity index (χ4n) is 1.22. The number of carbonyl (C=O) groups is 1. The second kappa shape index (κ2) is 5.94. The molecule has 0 bridgehead atoms. The third-order valence-corrected chi connectivity index (χ3v) is 3.95. The van der Waals surface area contributed by atoms with Gasteiger partial charge in [-0.25, -0.2) is 4.39 Å². The summed E-state index contributed by atoms with van der Waals surface area (Å²) in [6, 6.07) is 4.63. The first-order valence-corrected chi connectivity index (χ1v) is 6.64. The molecule has 1 aromatic carbocycles. The third-order valence-electron chi connectivity index (χ3n) is 2.11. The van der Waals surface area contributed by atoms with Crippen LogP contribution in [0.2, 0.25) is 0 Å². The van der Waals surface area contributed by atoms with Crippen molar-refractivity contribution in [1.29, 1.82) is 0 Å². The molecule has 1 rings (SSSR count). The predicted octanol–water partition coefficient (Wildman–Crippen LogP) is 3.72. The summed E-state index contributed by atoms with van der Waals surface area (Å²) >= 11 is 5.43. The molecule has 1 atom stereocenters. The summed E-state index contributed by atoms with van der Waals surface area (Å²) in [5.41, 5.74) is 1.00. The van der Waals surface area contributed by atoms with Gasteiger partial charge < -0.3 is 0 Å². The minimum Gasteiger partial charge on any atom is -0.298 e. The van der Waals surface area contributed by atoms with Crippen LogP contribution in [0.4, 0.5) is 4.39 Å². The maximum atomic E-state index is 12.8. The lowest BCUT2D eigenvalue weighted by atomic mass is 10.1. The van der Waals surface area contributed by atoms with Crippen molar-refractivity contribution in [3.05, 3.63) is 33.1 Å². The molecular formula is C11H11BrFIO. The van der Waals surface area contributed by atoms with Gasteiger partial charge in [-0.2, -0.15) is 0 Å². The van der Waals surface area contributed by atoms with Crippen molar-refractivity contribution < 1.29 is 9.18 Å². The monoisotopic (exact) mass is 384 g/mol. The molecule has 4 heteroatoms. The van der Waals surface area contributed by atoms with E-state index in [1.807, 2.05) is 6.92 Å². The summed E-state index contributed by atoms with van der Waals surface area (Å²) in [5.74, 6) is -0.0637. The Morgan fingerprint density at radius 1 is 1.60 bits per heavy atom. The van der Waals surface area contributed by atoms with Crippen LogP contribution >= 0.6 is 38.5 Å². The normalized spacial score (nSPS) is 12.5. The van der Waals surface area contributed by atoms with Crippen LogP contribution in [0, 0.1) is 9.39 Å². The van der Waals surface area contributed by atoms with Gasteiger partial charge >= 0.3 is 0 Å². The first kappa shape index (κ1) is 13.1. The van der Waals surface area contributed by atoms with E-state index in [2.05, 4.69) is 38.5 Å². The van der Waals surface area contributed by atoms with E-state index in [1.165, 1.54) is 12.1 Å². The van der Waals surface area contributed by atoms with Crippen LogP contribution in [-0.4, -0.2) is 10.6 Å². The van der Waals surface area contributed by atoms with E-state index in [4.69, 9.17) is 0 Å². The maximum Gasteiger partial charge on any atom is 0.146 e. The summed E-state index contributed by atoms with van der Waals surface area (Å²) in [4.78, 5) is 11.2. The lowest BCUT2D eigenvalue weighted by Gasteiger charge is -2.09. The molecule has 1 unspecified atom stereocenters. The van der Waals surface area contributed by atoms with Gasteiger partial charge in [-0.3, -0.25) is 4.79 Å². The standard InChI is InChI=1S/C11H11BrFIO/c1-2-11(15)9(12)5-7-3-4-8(13)6-10(7)14/h3-4,6,9H,2,5H2,1H3. The van der Waals surface area contributed by atoms with Crippen LogP contribution in [0.3, 0.4) is 0 Å². The van der Waals surface area contributed by atoms with Crippen molar-refractivity contribution in [2.24, 2.45) is 0 Å². The molecule has 0 heterocycles. The van der Waals surface area contributed by atoms with Gasteiger partial charge in [-0.1, -0.05) is 28.9 Å². The highest BCUT2D eigenvalue weighted by atomic mass is 127. The number of ketones is 1. The lowest BCUT2D eigenvalue weighted by molar-refractivity contribution is -0.118. The molecule has 0 amide bonds. The molecule has 0 aliphatic carbocycles. The molecule has 0 radical (unpaired) electrons. The van der Waals surface area contributed by atoms with Crippen molar-refractivity contribution in [2.75, 3.05) is 0 Å². The van der Waals surface area contributed by atoms with Crippen molar-refractivity contribution in [3.63, 3.8) is 0 Å². The summed E-state index contributed by atoms with van der Waals surface area (Å²) in [7, 11) is 0. The van der Waals surface area contributed by atoms with Crippen molar-refractivity contribution in [3.8, 4) is 0 Å². The molecule has 0 aromatic heterocycles. The van der Waals surface area contributed by atoms with Gasteiger partial charge in [0.05, 0.1) is 4.83 Å². The van der Waals surface area contributed by atoms with Gasteiger partial charge in [0.15, 0.2) is 0 Å². The first-order chi connectivity index (χ1) is 7.04. The fraction of sp³-hybridized carbons (Fsp3) is 0.364. The Labute approximate surface area is 111 Å². The van der Waals surface area contributed by atoms with Gasteiger partial charge in [0.2, 0.25) is 0 Å². The molecule has 1 nitrogen and oxygen atoms in total. The topological polar surface area (TPSA) is 17.1 Å². The smallest absolute Gasteiger partial charge is 0.146 e. The highest BCUT2D eigenvalue weighted by Crippen LogP contribution is 2.19. The summed E-state index contributed by atoms with van der Waals surface area (Å²) in [6.07, 6.45) is 1.14. The van der Waals surface area contributed by atoms with E-state index in [0.717, 1.165) is 9.13 Å². The van der Waals surface area contributed by atoms with E-state index in [9.17, 15) is 9.18 Å². The highest BCUT2D eigenvalue weighted by molar-refractivity contribution is 14.1. The van der Waals surface area contributed by atoms with Gasteiger partial charge in [0.1, 0.15) is 11.6 Å². The van der Waals surface area contributed by atoms with Gasteiger partial charge in [0, 0.05) is 9.99 Å². The van der Waals surface area contributed by atoms with E-state index >= 15 is 0 Å². The fourth-order valence-corrected chi connectivity index (χ4v) is 2.59. The second-order valence-corrected chi connectivity index (χ2v) is 5.49. The van der Waals surface area contributed by atoms with Crippen molar-refractivity contribution >= 4 is 44.3 Å². The maximum absolute atomic E-state index is 12.8. The van der Waals surface area contributed by atoms with E-state index in [-0.39, 0.29) is 16.4 Å². The molecule has 15 heavy (non-hydrogen) atoms. The minimum atomic E-state index is -0.240. The number of Topliss-reactive ketones (excluding diaryl/α,β-unsaturated/α-hetero) is 1. The summed E-state index contributed by atoms with van der Waals surface area (Å²) in [6.45, 7) is 1.84. The number of hydrogen-bond donors (Lipinski definition) is 0. The zero-order valence-electron chi connectivity index (χ0n) is 8.27. The summed E-state index contributed by atoms with van der Waals surface area (Å²) in [5, 5.41) is 0. The Morgan fingerprint density at radius 2 is 2.27 bits per heavy atom. The van der Waals surface area contributed by atoms with Crippen LogP contribution in [0.1, 0.15) is 18.9 Å². The number of rotatable bonds is 4. The number of benzene rings is 1. The van der Waals surface area contributed by atoms with Crippen LogP contribution in [0.15, 0.2) is 18.2 Å². The van der Waals surface area contributed by atoms with E-state index < -0.39 is 0 Å². The molecular weight excluding hydrogens is 374 g/mol. The molecule has 0 aliphatic rings. The molecule has 0 fully saturated rings. The molecule has 0 saturated heterocycles. The Morgan fingerprint density at radius 3 is 2.80 bits per heavy atom. The molecule has 0 N–H and O–H groups in total. The third kappa shape index (κ3) is 3.83. The molecule has 0 spiro atoms. The number of alkyl halides is 1. The quantitative estimate of drug-likeness (QED) is 0.571. The lowest BCUT2D eigenvalue weighted by Crippen LogP contribution is -2.16. The zero-order chi connectivity index (χ0) is 11.4. The Bertz CT molecular complexity index is 368. The Hall–Kier alpha value is 0.0300. The molecule has 82 valence electrons.